The predicted octanol–water partition coefficient (Wildman–Crippen LogP) is 3.25. The Bertz CT molecular complexity index is 749. The van der Waals surface area contributed by atoms with Gasteiger partial charge in [0.25, 0.3) is 11.6 Å². The number of hydrogen-bond acceptors (Lipinski definition) is 5. The van der Waals surface area contributed by atoms with Crippen LogP contribution in [0.25, 0.3) is 0 Å². The Labute approximate surface area is 153 Å². The van der Waals surface area contributed by atoms with Crippen molar-refractivity contribution in [1.29, 1.82) is 0 Å². The van der Waals surface area contributed by atoms with E-state index in [0.717, 1.165) is 12.1 Å². The zero-order chi connectivity index (χ0) is 19.9. The summed E-state index contributed by atoms with van der Waals surface area (Å²) in [5.74, 6) is -1.91. The minimum Gasteiger partial charge on any atom is -0.348 e. The number of ether oxygens (including phenoxy) is 2. The van der Waals surface area contributed by atoms with Gasteiger partial charge in [-0.1, -0.05) is 0 Å². The number of nitrogens with zero attached hydrogens (tertiary/aromatic N) is 1. The maximum Gasteiger partial charge on any atom is 0.411 e. The molecule has 1 aromatic carbocycles. The van der Waals surface area contributed by atoms with Crippen LogP contribution < -0.4 is 5.32 Å². The van der Waals surface area contributed by atoms with Gasteiger partial charge < -0.3 is 14.8 Å². The molecule has 1 amide bonds. The van der Waals surface area contributed by atoms with Crippen LogP contribution in [-0.2, 0) is 9.47 Å². The Morgan fingerprint density at radius 1 is 1.19 bits per heavy atom. The van der Waals surface area contributed by atoms with Gasteiger partial charge >= 0.3 is 6.18 Å². The second-order valence-electron chi connectivity index (χ2n) is 6.90. The molecule has 1 N–H and O–H groups in total. The number of halogens is 3. The van der Waals surface area contributed by atoms with Crippen LogP contribution in [-0.4, -0.2) is 41.5 Å². The predicted molar refractivity (Wildman–Crippen MR) is 87.2 cm³/mol. The average molecular weight is 388 g/mol. The summed E-state index contributed by atoms with van der Waals surface area (Å²) in [6.07, 6.45) is -5.35. The molecule has 0 unspecified atom stereocenters. The van der Waals surface area contributed by atoms with E-state index in [1.807, 2.05) is 0 Å². The molecule has 1 aliphatic heterocycles. The average Bonchev–Trinajstić information content (AvgIpc) is 3.04. The molecule has 0 radical (unpaired) electrons. The highest BCUT2D eigenvalue weighted by atomic mass is 19.4. The first kappa shape index (κ1) is 19.6. The maximum absolute atomic E-state index is 13.8. The number of carbonyl (C=O) groups excluding carboxylic acids is 1. The van der Waals surface area contributed by atoms with Crippen LogP contribution in [0, 0.1) is 17.0 Å². The van der Waals surface area contributed by atoms with Gasteiger partial charge in [0.05, 0.1) is 18.1 Å². The molecule has 1 heterocycles. The van der Waals surface area contributed by atoms with Crippen LogP contribution in [0.4, 0.5) is 18.9 Å². The minimum atomic E-state index is -4.66. The standard InChI is InChI=1S/C17H19F3N2O5/c1-11-10-12(22(24)25)2-3-13(11)14(23)21-15(17(18,19)20)4-6-16(7-5-15)26-8-9-27-16/h2-3,10H,4-9H2,1H3,(H,21,23). The van der Waals surface area contributed by atoms with Crippen molar-refractivity contribution in [3.8, 4) is 0 Å². The number of non-ortho nitro benzene ring substituents is 1. The maximum atomic E-state index is 13.8. The molecule has 2 fully saturated rings. The summed E-state index contributed by atoms with van der Waals surface area (Å²) in [7, 11) is 0. The first-order chi connectivity index (χ1) is 12.6. The Morgan fingerprint density at radius 3 is 2.26 bits per heavy atom. The number of benzene rings is 1. The fourth-order valence-corrected chi connectivity index (χ4v) is 3.62. The highest BCUT2D eigenvalue weighted by Crippen LogP contribution is 2.47. The van der Waals surface area contributed by atoms with E-state index in [1.165, 1.54) is 13.0 Å². The van der Waals surface area contributed by atoms with Crippen LogP contribution >= 0.6 is 0 Å². The summed E-state index contributed by atoms with van der Waals surface area (Å²) >= 11 is 0. The molecule has 148 valence electrons. The second-order valence-corrected chi connectivity index (χ2v) is 6.90. The second kappa shape index (κ2) is 6.75. The van der Waals surface area contributed by atoms with E-state index >= 15 is 0 Å². The summed E-state index contributed by atoms with van der Waals surface area (Å²) < 4.78 is 52.4. The summed E-state index contributed by atoms with van der Waals surface area (Å²) in [6.45, 7) is 2.12. The molecule has 0 atom stereocenters. The lowest BCUT2D eigenvalue weighted by molar-refractivity contribution is -0.384. The van der Waals surface area contributed by atoms with E-state index in [-0.39, 0.29) is 42.5 Å². The number of amides is 1. The normalized spacial score (nSPS) is 21.2. The number of hydrogen-bond donors (Lipinski definition) is 1. The van der Waals surface area contributed by atoms with Gasteiger partial charge in [0.15, 0.2) is 5.79 Å². The van der Waals surface area contributed by atoms with Crippen molar-refractivity contribution in [2.75, 3.05) is 13.2 Å². The molecule has 1 spiro atoms. The van der Waals surface area contributed by atoms with Crippen molar-refractivity contribution in [3.05, 3.63) is 39.4 Å². The van der Waals surface area contributed by atoms with Crippen LogP contribution in [0.5, 0.6) is 0 Å². The molecule has 7 nitrogen and oxygen atoms in total. The van der Waals surface area contributed by atoms with Crippen LogP contribution in [0.3, 0.4) is 0 Å². The third-order valence-corrected chi connectivity index (χ3v) is 5.24. The first-order valence-corrected chi connectivity index (χ1v) is 8.50. The Morgan fingerprint density at radius 2 is 1.78 bits per heavy atom. The van der Waals surface area contributed by atoms with Crippen LogP contribution in [0.1, 0.15) is 41.6 Å². The van der Waals surface area contributed by atoms with Gasteiger partial charge in [-0.05, 0) is 31.4 Å². The molecule has 1 saturated heterocycles. The Balaban J connectivity index is 1.81. The molecule has 27 heavy (non-hydrogen) atoms. The molecule has 1 aromatic rings. The van der Waals surface area contributed by atoms with Gasteiger partial charge in [0, 0.05) is 30.5 Å². The van der Waals surface area contributed by atoms with Crippen LogP contribution in [0.2, 0.25) is 0 Å². The monoisotopic (exact) mass is 388 g/mol. The molecular weight excluding hydrogens is 369 g/mol. The quantitative estimate of drug-likeness (QED) is 0.634. The SMILES string of the molecule is Cc1cc([N+](=O)[O-])ccc1C(=O)NC1(C(F)(F)F)CCC2(CC1)OCCO2. The van der Waals surface area contributed by atoms with Crippen molar-refractivity contribution in [2.24, 2.45) is 0 Å². The lowest BCUT2D eigenvalue weighted by Crippen LogP contribution is -2.62. The van der Waals surface area contributed by atoms with Crippen molar-refractivity contribution in [2.45, 2.75) is 50.1 Å². The van der Waals surface area contributed by atoms with Crippen molar-refractivity contribution >= 4 is 11.6 Å². The number of nitrogens with one attached hydrogen (secondary N) is 1. The number of aryl methyl sites for hydroxylation is 1. The van der Waals surface area contributed by atoms with Crippen molar-refractivity contribution < 1.29 is 32.4 Å². The largest absolute Gasteiger partial charge is 0.411 e. The Hall–Kier alpha value is -2.20. The minimum absolute atomic E-state index is 0.0199. The molecule has 3 rings (SSSR count). The molecule has 0 bridgehead atoms. The molecule has 1 saturated carbocycles. The Kier molecular flexibility index (Phi) is 4.89. The summed E-state index contributed by atoms with van der Waals surface area (Å²) in [5.41, 5.74) is -2.42. The van der Waals surface area contributed by atoms with E-state index in [2.05, 4.69) is 5.32 Å². The number of alkyl halides is 3. The smallest absolute Gasteiger partial charge is 0.348 e. The van der Waals surface area contributed by atoms with Gasteiger partial charge in [-0.3, -0.25) is 14.9 Å². The van der Waals surface area contributed by atoms with E-state index in [9.17, 15) is 28.1 Å². The van der Waals surface area contributed by atoms with Gasteiger partial charge in [0.1, 0.15) is 5.54 Å². The summed E-state index contributed by atoms with van der Waals surface area (Å²) in [5, 5.41) is 12.9. The molecular formula is C17H19F3N2O5. The molecule has 10 heteroatoms. The lowest BCUT2D eigenvalue weighted by Gasteiger charge is -2.44. The van der Waals surface area contributed by atoms with E-state index in [4.69, 9.17) is 9.47 Å². The molecule has 1 aliphatic carbocycles. The summed E-state index contributed by atoms with van der Waals surface area (Å²) in [4.78, 5) is 22.7. The van der Waals surface area contributed by atoms with E-state index in [1.54, 1.807) is 0 Å². The lowest BCUT2D eigenvalue weighted by atomic mass is 9.77. The highest BCUT2D eigenvalue weighted by molar-refractivity contribution is 5.96. The molecule has 2 aliphatic rings. The van der Waals surface area contributed by atoms with Crippen molar-refractivity contribution in [1.82, 2.24) is 5.32 Å². The van der Waals surface area contributed by atoms with Gasteiger partial charge in [-0.25, -0.2) is 0 Å². The van der Waals surface area contributed by atoms with Gasteiger partial charge in [-0.2, -0.15) is 13.2 Å². The van der Waals surface area contributed by atoms with E-state index in [0.29, 0.717) is 13.2 Å². The third-order valence-electron chi connectivity index (χ3n) is 5.24. The number of nitro benzene ring substituents is 1. The van der Waals surface area contributed by atoms with Gasteiger partial charge in [0.2, 0.25) is 0 Å². The van der Waals surface area contributed by atoms with Crippen LogP contribution in [0.15, 0.2) is 18.2 Å². The third kappa shape index (κ3) is 3.63. The topological polar surface area (TPSA) is 90.7 Å². The van der Waals surface area contributed by atoms with Gasteiger partial charge in [-0.15, -0.1) is 0 Å². The zero-order valence-corrected chi connectivity index (χ0v) is 14.6. The number of nitro groups is 1. The molecule has 0 aromatic heterocycles. The van der Waals surface area contributed by atoms with E-state index < -0.39 is 28.3 Å². The number of rotatable bonds is 3. The summed E-state index contributed by atoms with van der Waals surface area (Å²) in [6, 6.07) is 3.42. The van der Waals surface area contributed by atoms with Crippen molar-refractivity contribution in [3.63, 3.8) is 0 Å². The zero-order valence-electron chi connectivity index (χ0n) is 14.6. The highest BCUT2D eigenvalue weighted by Gasteiger charge is 2.60. The fraction of sp³-hybridized carbons (Fsp3) is 0.588. The first-order valence-electron chi connectivity index (χ1n) is 8.50. The number of carbonyl (C=O) groups is 1. The fourth-order valence-electron chi connectivity index (χ4n) is 3.62.